The van der Waals surface area contributed by atoms with Crippen LogP contribution in [0, 0.1) is 29.1 Å². The van der Waals surface area contributed by atoms with Crippen molar-refractivity contribution in [1.29, 1.82) is 0 Å². The number of piperidine rings is 1. The van der Waals surface area contributed by atoms with Gasteiger partial charge in [0, 0.05) is 6.54 Å². The normalized spacial score (nSPS) is 28.0. The van der Waals surface area contributed by atoms with Gasteiger partial charge in [0.05, 0.1) is 6.04 Å². The Balaban J connectivity index is 1.55. The van der Waals surface area contributed by atoms with Crippen LogP contribution in [-0.2, 0) is 23.9 Å². The van der Waals surface area contributed by atoms with Crippen LogP contribution in [0.2, 0.25) is 0 Å². The predicted octanol–water partition coefficient (Wildman–Crippen LogP) is 2.28. The van der Waals surface area contributed by atoms with Crippen LogP contribution in [0.3, 0.4) is 0 Å². The summed E-state index contributed by atoms with van der Waals surface area (Å²) in [5, 5.41) is 5.62. The first-order valence-electron chi connectivity index (χ1n) is 14.1. The molecular weight excluding hydrogens is 488 g/mol. The van der Waals surface area contributed by atoms with E-state index < -0.39 is 47.4 Å². The van der Waals surface area contributed by atoms with Crippen LogP contribution in [-0.4, -0.2) is 64.8 Å². The van der Waals surface area contributed by atoms with E-state index in [0.29, 0.717) is 13.0 Å². The number of hydrogen-bond donors (Lipinski definition) is 3. The molecule has 3 aliphatic carbocycles. The minimum Gasteiger partial charge on any atom is -0.444 e. The van der Waals surface area contributed by atoms with E-state index >= 15 is 0 Å². The maximum Gasteiger partial charge on any atom is 0.408 e. The lowest BCUT2D eigenvalue weighted by atomic mass is 9.83. The summed E-state index contributed by atoms with van der Waals surface area (Å²) < 4.78 is 5.47. The molecule has 1 unspecified atom stereocenters. The van der Waals surface area contributed by atoms with E-state index in [1.807, 2.05) is 0 Å². The minimum atomic E-state index is -1.07. The fourth-order valence-electron chi connectivity index (χ4n) is 6.62. The number of ketones is 1. The average Bonchev–Trinajstić information content (AvgIpc) is 3.68. The van der Waals surface area contributed by atoms with Crippen molar-refractivity contribution in [3.05, 3.63) is 0 Å². The molecule has 4 fully saturated rings. The molecule has 10 nitrogen and oxygen atoms in total. The molecule has 4 aliphatic rings. The topological polar surface area (TPSA) is 148 Å². The van der Waals surface area contributed by atoms with E-state index in [-0.39, 0.29) is 35.0 Å². The summed E-state index contributed by atoms with van der Waals surface area (Å²) in [6.07, 6.45) is 6.29. The molecule has 0 radical (unpaired) electrons. The maximum absolute atomic E-state index is 14.1. The number of Topliss-reactive ketones (excluding diaryl/α,β-unsaturated/α-hetero) is 1. The highest BCUT2D eigenvalue weighted by Gasteiger charge is 2.69. The van der Waals surface area contributed by atoms with E-state index in [0.717, 1.165) is 44.9 Å². The molecule has 3 saturated carbocycles. The molecule has 1 aliphatic heterocycles. The number of nitrogens with two attached hydrogens (primary N) is 1. The van der Waals surface area contributed by atoms with Gasteiger partial charge < -0.3 is 26.0 Å². The summed E-state index contributed by atoms with van der Waals surface area (Å²) in [7, 11) is 0. The van der Waals surface area contributed by atoms with E-state index in [1.165, 1.54) is 0 Å². The molecule has 212 valence electrons. The molecule has 0 aromatic heterocycles. The van der Waals surface area contributed by atoms with Gasteiger partial charge in [-0.1, -0.05) is 46.0 Å². The van der Waals surface area contributed by atoms with Crippen LogP contribution >= 0.6 is 0 Å². The minimum absolute atomic E-state index is 0.0449. The van der Waals surface area contributed by atoms with Gasteiger partial charge in [-0.15, -0.1) is 0 Å². The van der Waals surface area contributed by atoms with Crippen LogP contribution in [0.25, 0.3) is 0 Å². The van der Waals surface area contributed by atoms with Gasteiger partial charge in [0.1, 0.15) is 17.7 Å². The third-order valence-corrected chi connectivity index (χ3v) is 8.96. The van der Waals surface area contributed by atoms with Crippen molar-refractivity contribution in [3.63, 3.8) is 0 Å². The molecule has 0 aromatic carbocycles. The Morgan fingerprint density at radius 2 is 1.63 bits per heavy atom. The molecule has 4 N–H and O–H groups in total. The molecule has 0 bridgehead atoms. The lowest BCUT2D eigenvalue weighted by Crippen LogP contribution is -2.59. The van der Waals surface area contributed by atoms with Gasteiger partial charge in [0.25, 0.3) is 5.91 Å². The second-order valence-corrected chi connectivity index (χ2v) is 13.4. The Morgan fingerprint density at radius 3 is 2.18 bits per heavy atom. The number of alkyl carbamates (subject to hydrolysis) is 1. The number of amides is 4. The zero-order valence-electron chi connectivity index (χ0n) is 23.4. The Bertz CT molecular complexity index is 978. The Hall–Kier alpha value is -2.65. The van der Waals surface area contributed by atoms with Crippen LogP contribution in [0.5, 0.6) is 0 Å². The van der Waals surface area contributed by atoms with Crippen LogP contribution in [0.4, 0.5) is 4.79 Å². The number of carbonyl (C=O) groups is 5. The Labute approximate surface area is 225 Å². The fourth-order valence-corrected chi connectivity index (χ4v) is 6.62. The monoisotopic (exact) mass is 532 g/mol. The van der Waals surface area contributed by atoms with Crippen molar-refractivity contribution in [1.82, 2.24) is 15.5 Å². The first kappa shape index (κ1) is 28.4. The number of fused-ring (bicyclic) bond motifs is 1. The number of ether oxygens (including phenoxy) is 1. The molecule has 0 aromatic rings. The summed E-state index contributed by atoms with van der Waals surface area (Å²) in [6, 6.07) is -2.56. The second-order valence-electron chi connectivity index (χ2n) is 13.4. The first-order valence-corrected chi connectivity index (χ1v) is 14.1. The van der Waals surface area contributed by atoms with Gasteiger partial charge in [-0.2, -0.15) is 0 Å². The molecular formula is C28H44N4O6. The molecule has 0 spiro atoms. The smallest absolute Gasteiger partial charge is 0.408 e. The highest BCUT2D eigenvalue weighted by molar-refractivity contribution is 6.37. The maximum atomic E-state index is 14.1. The number of rotatable bonds is 9. The Morgan fingerprint density at radius 1 is 1.00 bits per heavy atom. The molecule has 1 heterocycles. The molecule has 1 saturated heterocycles. The standard InChI is InChI=1S/C28H44N4O6/c1-27(2,3)38-26(37)31-20(16-9-7-6-8-10-16)25(36)32-14-17-19(28(17,4)5)21(32)24(35)30-18(13-15-11-12-15)22(33)23(29)34/h15-21H,6-14H2,1-5H3,(H2,29,34)(H,30,35)(H,31,37)/t17-,18?,19-,20-,21-/m0/s1. The fraction of sp³-hybridized carbons (Fsp3) is 0.821. The summed E-state index contributed by atoms with van der Waals surface area (Å²) in [5.74, 6) is -2.28. The van der Waals surface area contributed by atoms with E-state index in [2.05, 4.69) is 24.5 Å². The van der Waals surface area contributed by atoms with Crippen LogP contribution in [0.15, 0.2) is 0 Å². The van der Waals surface area contributed by atoms with Gasteiger partial charge in [-0.25, -0.2) is 4.79 Å². The number of carbonyl (C=O) groups excluding carboxylic acids is 5. The zero-order chi connectivity index (χ0) is 28.0. The number of primary amides is 1. The largest absolute Gasteiger partial charge is 0.444 e. The number of nitrogens with zero attached hydrogens (tertiary/aromatic N) is 1. The highest BCUT2D eigenvalue weighted by Crippen LogP contribution is 2.65. The zero-order valence-corrected chi connectivity index (χ0v) is 23.4. The third-order valence-electron chi connectivity index (χ3n) is 8.96. The summed E-state index contributed by atoms with van der Waals surface area (Å²) in [4.78, 5) is 66.3. The van der Waals surface area contributed by atoms with E-state index in [9.17, 15) is 24.0 Å². The van der Waals surface area contributed by atoms with Crippen molar-refractivity contribution in [2.45, 2.75) is 110 Å². The summed E-state index contributed by atoms with van der Waals surface area (Å²) >= 11 is 0. The third kappa shape index (κ3) is 6.15. The van der Waals surface area contributed by atoms with Gasteiger partial charge in [0.15, 0.2) is 0 Å². The number of hydrogen-bond acceptors (Lipinski definition) is 6. The molecule has 4 rings (SSSR count). The van der Waals surface area contributed by atoms with Crippen molar-refractivity contribution >= 4 is 29.6 Å². The molecule has 4 amide bonds. The Kier molecular flexibility index (Phi) is 7.83. The number of nitrogens with one attached hydrogen (secondary N) is 2. The summed E-state index contributed by atoms with van der Waals surface area (Å²) in [6.45, 7) is 9.88. The number of likely N-dealkylation sites (tertiary alicyclic amines) is 1. The van der Waals surface area contributed by atoms with Crippen molar-refractivity contribution in [3.8, 4) is 0 Å². The predicted molar refractivity (Wildman–Crippen MR) is 139 cm³/mol. The van der Waals surface area contributed by atoms with Crippen LogP contribution < -0.4 is 16.4 Å². The van der Waals surface area contributed by atoms with Crippen molar-refractivity contribution in [2.24, 2.45) is 34.8 Å². The molecule has 10 heteroatoms. The first-order chi connectivity index (χ1) is 17.7. The molecule has 38 heavy (non-hydrogen) atoms. The van der Waals surface area contributed by atoms with Crippen molar-refractivity contribution < 1.29 is 28.7 Å². The van der Waals surface area contributed by atoms with Gasteiger partial charge in [-0.05, 0) is 69.1 Å². The lowest BCUT2D eigenvalue weighted by molar-refractivity contribution is -0.144. The second kappa shape index (κ2) is 10.5. The lowest BCUT2D eigenvalue weighted by Gasteiger charge is -2.37. The van der Waals surface area contributed by atoms with Crippen LogP contribution in [0.1, 0.15) is 86.0 Å². The summed E-state index contributed by atoms with van der Waals surface area (Å²) in [5.41, 5.74) is 4.43. The highest BCUT2D eigenvalue weighted by atomic mass is 16.6. The van der Waals surface area contributed by atoms with Gasteiger partial charge in [-0.3, -0.25) is 19.2 Å². The van der Waals surface area contributed by atoms with Gasteiger partial charge in [0.2, 0.25) is 17.6 Å². The van der Waals surface area contributed by atoms with E-state index in [1.54, 1.807) is 25.7 Å². The van der Waals surface area contributed by atoms with Gasteiger partial charge >= 0.3 is 6.09 Å². The van der Waals surface area contributed by atoms with Crippen molar-refractivity contribution in [2.75, 3.05) is 6.54 Å². The quantitative estimate of drug-likeness (QED) is 0.388. The molecule has 5 atom stereocenters. The van der Waals surface area contributed by atoms with E-state index in [4.69, 9.17) is 10.5 Å². The average molecular weight is 533 g/mol. The SMILES string of the molecule is CC(C)(C)OC(=O)N[C@H](C(=O)N1C[C@H]2[C@@H]([C@H]1C(=O)NC(CC1CC1)C(=O)C(N)=O)C2(C)C)C1CCCCC1.